The number of nitrogens with zero attached hydrogens (tertiary/aromatic N) is 2. The summed E-state index contributed by atoms with van der Waals surface area (Å²) in [4.78, 5) is 19.7. The Labute approximate surface area is 159 Å². The molecular formula is C17H24N6O3S. The Morgan fingerprint density at radius 2 is 1.78 bits per heavy atom. The van der Waals surface area contributed by atoms with Crippen molar-refractivity contribution in [2.24, 2.45) is 0 Å². The molecule has 4 N–H and O–H groups in total. The molecule has 0 saturated heterocycles. The van der Waals surface area contributed by atoms with E-state index in [9.17, 15) is 13.2 Å². The molecule has 1 amide bonds. The summed E-state index contributed by atoms with van der Waals surface area (Å²) in [5.74, 6) is 0.933. The van der Waals surface area contributed by atoms with Crippen molar-refractivity contribution in [3.63, 3.8) is 0 Å². The lowest BCUT2D eigenvalue weighted by Gasteiger charge is -2.10. The average molecular weight is 392 g/mol. The zero-order valence-corrected chi connectivity index (χ0v) is 16.4. The first-order chi connectivity index (χ1) is 12.8. The summed E-state index contributed by atoms with van der Waals surface area (Å²) in [7, 11) is -3.64. The van der Waals surface area contributed by atoms with E-state index in [1.54, 1.807) is 0 Å². The number of benzene rings is 1. The Balaban J connectivity index is 1.89. The lowest BCUT2D eigenvalue weighted by molar-refractivity contribution is -0.114. The monoisotopic (exact) mass is 392 g/mol. The summed E-state index contributed by atoms with van der Waals surface area (Å²) in [5, 5.41) is 8.70. The van der Waals surface area contributed by atoms with Crippen molar-refractivity contribution in [2.45, 2.75) is 25.7 Å². The van der Waals surface area contributed by atoms with Gasteiger partial charge in [0, 0.05) is 44.0 Å². The van der Waals surface area contributed by atoms with Crippen LogP contribution in [0.4, 0.5) is 17.5 Å². The van der Waals surface area contributed by atoms with Crippen LogP contribution in [0.5, 0.6) is 0 Å². The van der Waals surface area contributed by atoms with Crippen LogP contribution in [0.25, 0.3) is 0 Å². The molecule has 0 spiro atoms. The van der Waals surface area contributed by atoms with Crippen molar-refractivity contribution < 1.29 is 13.2 Å². The van der Waals surface area contributed by atoms with Crippen LogP contribution in [0, 0.1) is 6.92 Å². The first kappa shape index (κ1) is 20.6. The number of nitrogens with one attached hydrogen (secondary N) is 4. The summed E-state index contributed by atoms with van der Waals surface area (Å²) < 4.78 is 27.1. The maximum Gasteiger partial charge on any atom is 0.240 e. The number of hydrogen-bond donors (Lipinski definition) is 4. The number of rotatable bonds is 9. The van der Waals surface area contributed by atoms with Crippen LogP contribution < -0.4 is 20.7 Å². The largest absolute Gasteiger partial charge is 0.370 e. The normalized spacial score (nSPS) is 11.1. The summed E-state index contributed by atoms with van der Waals surface area (Å²) in [6.45, 7) is 6.47. The van der Waals surface area contributed by atoms with E-state index in [2.05, 4.69) is 30.6 Å². The number of aryl methyl sites for hydroxylation is 1. The van der Waals surface area contributed by atoms with E-state index in [-0.39, 0.29) is 17.3 Å². The third-order valence-electron chi connectivity index (χ3n) is 3.40. The lowest BCUT2D eigenvalue weighted by atomic mass is 10.3. The molecule has 0 bridgehead atoms. The van der Waals surface area contributed by atoms with Gasteiger partial charge in [-0.2, -0.15) is 4.98 Å². The molecule has 9 nitrogen and oxygen atoms in total. The number of aromatic nitrogens is 2. The SMILES string of the molecule is CCNc1cc(C)nc(NCCNS(=O)(=O)c2ccc(NC(C)=O)cc2)n1. The zero-order valence-electron chi connectivity index (χ0n) is 15.5. The molecule has 0 atom stereocenters. The lowest BCUT2D eigenvalue weighted by Crippen LogP contribution is -2.29. The minimum Gasteiger partial charge on any atom is -0.370 e. The molecule has 10 heteroatoms. The molecule has 0 saturated carbocycles. The van der Waals surface area contributed by atoms with E-state index < -0.39 is 10.0 Å². The second-order valence-electron chi connectivity index (χ2n) is 5.78. The van der Waals surface area contributed by atoms with Gasteiger partial charge in [-0.1, -0.05) is 0 Å². The fourth-order valence-corrected chi connectivity index (χ4v) is 3.31. The maximum atomic E-state index is 12.3. The van der Waals surface area contributed by atoms with Crippen molar-refractivity contribution in [3.8, 4) is 0 Å². The third-order valence-corrected chi connectivity index (χ3v) is 4.87. The zero-order chi connectivity index (χ0) is 19.9. The quantitative estimate of drug-likeness (QED) is 0.477. The summed E-state index contributed by atoms with van der Waals surface area (Å²) >= 11 is 0. The Morgan fingerprint density at radius 3 is 2.41 bits per heavy atom. The van der Waals surface area contributed by atoms with Crippen molar-refractivity contribution in [1.82, 2.24) is 14.7 Å². The third kappa shape index (κ3) is 6.50. The van der Waals surface area contributed by atoms with E-state index in [0.717, 1.165) is 12.2 Å². The Hall–Kier alpha value is -2.72. The van der Waals surface area contributed by atoms with Crippen LogP contribution in [0.3, 0.4) is 0 Å². The Kier molecular flexibility index (Phi) is 7.08. The Bertz CT molecular complexity index is 884. The van der Waals surface area contributed by atoms with Gasteiger partial charge in [0.1, 0.15) is 5.82 Å². The molecule has 27 heavy (non-hydrogen) atoms. The average Bonchev–Trinajstić information content (AvgIpc) is 2.58. The maximum absolute atomic E-state index is 12.3. The van der Waals surface area contributed by atoms with Crippen LogP contribution in [-0.4, -0.2) is 43.9 Å². The highest BCUT2D eigenvalue weighted by atomic mass is 32.2. The van der Waals surface area contributed by atoms with Gasteiger partial charge in [0.05, 0.1) is 4.90 Å². The molecule has 0 aliphatic rings. The van der Waals surface area contributed by atoms with Gasteiger partial charge in [0.15, 0.2) is 0 Å². The predicted molar refractivity (Wildman–Crippen MR) is 105 cm³/mol. The minimum absolute atomic E-state index is 0.123. The molecule has 0 fully saturated rings. The first-order valence-electron chi connectivity index (χ1n) is 8.51. The molecule has 1 aromatic carbocycles. The van der Waals surface area contributed by atoms with E-state index in [4.69, 9.17) is 0 Å². The van der Waals surface area contributed by atoms with Gasteiger partial charge in [-0.25, -0.2) is 18.1 Å². The molecule has 0 aliphatic heterocycles. The first-order valence-corrected chi connectivity index (χ1v) is 9.99. The standard InChI is InChI=1S/C17H24N6O3S/c1-4-18-16-11-12(2)21-17(23-16)19-9-10-20-27(25,26)15-7-5-14(6-8-15)22-13(3)24/h5-8,11,20H,4,9-10H2,1-3H3,(H,22,24)(H2,18,19,21,23). The minimum atomic E-state index is -3.64. The molecule has 0 aliphatic carbocycles. The topological polar surface area (TPSA) is 125 Å². The predicted octanol–water partition coefficient (Wildman–Crippen LogP) is 1.57. The number of hydrogen-bond acceptors (Lipinski definition) is 7. The van der Waals surface area contributed by atoms with Gasteiger partial charge >= 0.3 is 0 Å². The van der Waals surface area contributed by atoms with E-state index >= 15 is 0 Å². The summed E-state index contributed by atoms with van der Waals surface area (Å²) in [5.41, 5.74) is 1.35. The van der Waals surface area contributed by atoms with Crippen LogP contribution in [0.2, 0.25) is 0 Å². The smallest absolute Gasteiger partial charge is 0.240 e. The van der Waals surface area contributed by atoms with Crippen LogP contribution in [0.1, 0.15) is 19.5 Å². The fraction of sp³-hybridized carbons (Fsp3) is 0.353. The number of amides is 1. The molecule has 0 radical (unpaired) electrons. The molecule has 0 unspecified atom stereocenters. The van der Waals surface area contributed by atoms with Gasteiger partial charge in [-0.15, -0.1) is 0 Å². The number of carbonyl (C=O) groups is 1. The van der Waals surface area contributed by atoms with Crippen molar-refractivity contribution >= 4 is 33.4 Å². The van der Waals surface area contributed by atoms with E-state index in [1.165, 1.54) is 31.2 Å². The van der Waals surface area contributed by atoms with E-state index in [1.807, 2.05) is 19.9 Å². The molecular weight excluding hydrogens is 368 g/mol. The highest BCUT2D eigenvalue weighted by molar-refractivity contribution is 7.89. The Morgan fingerprint density at radius 1 is 1.07 bits per heavy atom. The molecule has 2 aromatic rings. The highest BCUT2D eigenvalue weighted by Gasteiger charge is 2.13. The number of carbonyl (C=O) groups excluding carboxylic acids is 1. The van der Waals surface area contributed by atoms with Crippen molar-refractivity contribution in [2.75, 3.05) is 35.6 Å². The molecule has 146 valence electrons. The van der Waals surface area contributed by atoms with Crippen LogP contribution >= 0.6 is 0 Å². The highest BCUT2D eigenvalue weighted by Crippen LogP contribution is 2.14. The number of anilines is 3. The second kappa shape index (κ2) is 9.28. The fourth-order valence-electron chi connectivity index (χ4n) is 2.28. The van der Waals surface area contributed by atoms with E-state index in [0.29, 0.717) is 24.0 Å². The van der Waals surface area contributed by atoms with Gasteiger partial charge in [0.25, 0.3) is 0 Å². The van der Waals surface area contributed by atoms with Crippen LogP contribution in [-0.2, 0) is 14.8 Å². The summed E-state index contributed by atoms with van der Waals surface area (Å²) in [6.07, 6.45) is 0. The van der Waals surface area contributed by atoms with Gasteiger partial charge in [-0.3, -0.25) is 4.79 Å². The van der Waals surface area contributed by atoms with Gasteiger partial charge in [-0.05, 0) is 38.1 Å². The van der Waals surface area contributed by atoms with Crippen molar-refractivity contribution in [1.29, 1.82) is 0 Å². The molecule has 2 rings (SSSR count). The molecule has 1 heterocycles. The molecule has 1 aromatic heterocycles. The number of sulfonamides is 1. The summed E-state index contributed by atoms with van der Waals surface area (Å²) in [6, 6.07) is 7.79. The van der Waals surface area contributed by atoms with Gasteiger partial charge in [0.2, 0.25) is 21.9 Å². The van der Waals surface area contributed by atoms with Crippen molar-refractivity contribution in [3.05, 3.63) is 36.0 Å². The van der Waals surface area contributed by atoms with Gasteiger partial charge < -0.3 is 16.0 Å². The second-order valence-corrected chi connectivity index (χ2v) is 7.55. The van der Waals surface area contributed by atoms with Crippen LogP contribution in [0.15, 0.2) is 35.2 Å².